The summed E-state index contributed by atoms with van der Waals surface area (Å²) >= 11 is 6.54. The van der Waals surface area contributed by atoms with Crippen LogP contribution in [0.5, 0.6) is 0 Å². The molecule has 0 fully saturated rings. The van der Waals surface area contributed by atoms with Gasteiger partial charge in [-0.15, -0.1) is 0 Å². The average Bonchev–Trinajstić information content (AvgIpc) is 2.54. The van der Waals surface area contributed by atoms with Gasteiger partial charge in [0.25, 0.3) is 0 Å². The summed E-state index contributed by atoms with van der Waals surface area (Å²) in [5, 5.41) is 3.69. The molecule has 0 saturated heterocycles. The molecule has 2 nitrogen and oxygen atoms in total. The predicted octanol–water partition coefficient (Wildman–Crippen LogP) is 4.86. The van der Waals surface area contributed by atoms with E-state index in [2.05, 4.69) is 37.4 Å². The first-order valence-electron chi connectivity index (χ1n) is 8.08. The molecule has 0 spiro atoms. The van der Waals surface area contributed by atoms with Gasteiger partial charge in [-0.2, -0.15) is 0 Å². The number of rotatable bonds is 5. The maximum Gasteiger partial charge on any atom is 0.243 e. The highest BCUT2D eigenvalue weighted by Gasteiger charge is 2.15. The van der Waals surface area contributed by atoms with Crippen LogP contribution in [-0.4, -0.2) is 12.5 Å². The van der Waals surface area contributed by atoms with Gasteiger partial charge >= 0.3 is 0 Å². The van der Waals surface area contributed by atoms with Crippen molar-refractivity contribution in [3.63, 3.8) is 0 Å². The molecule has 1 amide bonds. The van der Waals surface area contributed by atoms with Crippen LogP contribution < -0.4 is 5.32 Å². The zero-order chi connectivity index (χ0) is 16.8. The van der Waals surface area contributed by atoms with Crippen molar-refractivity contribution in [2.24, 2.45) is 5.92 Å². The number of allylic oxidation sites excluding steroid dienone is 4. The lowest BCUT2D eigenvalue weighted by atomic mass is 9.91. The fourth-order valence-electron chi connectivity index (χ4n) is 2.53. The third kappa shape index (κ3) is 5.11. The van der Waals surface area contributed by atoms with Crippen molar-refractivity contribution in [3.8, 4) is 0 Å². The summed E-state index contributed by atoms with van der Waals surface area (Å²) in [6.07, 6.45) is 7.43. The van der Waals surface area contributed by atoms with Crippen LogP contribution in [0.2, 0.25) is 0 Å². The Balaban J connectivity index is 2.08. The molecular formula is C20H24ClNO. The summed E-state index contributed by atoms with van der Waals surface area (Å²) in [5.74, 6) is 0.399. The Labute approximate surface area is 143 Å². The van der Waals surface area contributed by atoms with Crippen molar-refractivity contribution < 1.29 is 4.79 Å². The van der Waals surface area contributed by atoms with Crippen molar-refractivity contribution in [1.29, 1.82) is 0 Å². The molecule has 0 radical (unpaired) electrons. The topological polar surface area (TPSA) is 29.1 Å². The molecule has 1 aliphatic rings. The van der Waals surface area contributed by atoms with E-state index in [1.165, 1.54) is 5.56 Å². The highest BCUT2D eigenvalue weighted by atomic mass is 35.5. The quantitative estimate of drug-likeness (QED) is 0.606. The molecule has 0 heterocycles. The molecule has 0 aromatic heterocycles. The Morgan fingerprint density at radius 3 is 2.74 bits per heavy atom. The molecule has 1 N–H and O–H groups in total. The van der Waals surface area contributed by atoms with Crippen molar-refractivity contribution in [1.82, 2.24) is 5.32 Å². The number of halogens is 1. The Morgan fingerprint density at radius 1 is 1.26 bits per heavy atom. The maximum absolute atomic E-state index is 11.7. The average molecular weight is 330 g/mol. The van der Waals surface area contributed by atoms with Gasteiger partial charge in [0.05, 0.1) is 5.03 Å². The van der Waals surface area contributed by atoms with Gasteiger partial charge in [0.2, 0.25) is 5.91 Å². The number of carbonyl (C=O) groups excluding carboxylic acids is 1. The van der Waals surface area contributed by atoms with Crippen LogP contribution in [-0.2, 0) is 11.2 Å². The van der Waals surface area contributed by atoms with E-state index in [1.54, 1.807) is 6.08 Å². The molecule has 23 heavy (non-hydrogen) atoms. The van der Waals surface area contributed by atoms with E-state index in [1.807, 2.05) is 25.1 Å². The number of hydrogen-bond donors (Lipinski definition) is 1. The summed E-state index contributed by atoms with van der Waals surface area (Å²) in [7, 11) is 0. The predicted molar refractivity (Wildman–Crippen MR) is 98.3 cm³/mol. The number of benzene rings is 1. The SMILES string of the molecule is CC(C=CC(=O)NCC(C)C)=CC1=C(Cl)c2ccccc2CC1. The van der Waals surface area contributed by atoms with Crippen molar-refractivity contribution in [2.75, 3.05) is 6.54 Å². The number of carbonyl (C=O) groups is 1. The standard InChI is InChI=1S/C20H24ClNO/c1-14(2)13-22-19(23)11-8-15(3)12-17-10-9-16-6-4-5-7-18(16)20(17)21/h4-8,11-12,14H,9-10,13H2,1-3H3,(H,22,23). The van der Waals surface area contributed by atoms with E-state index in [0.29, 0.717) is 12.5 Å². The summed E-state index contributed by atoms with van der Waals surface area (Å²) in [6.45, 7) is 6.83. The molecule has 0 unspecified atom stereocenters. The molecule has 0 aliphatic heterocycles. The van der Waals surface area contributed by atoms with Crippen LogP contribution in [0.1, 0.15) is 38.3 Å². The summed E-state index contributed by atoms with van der Waals surface area (Å²) < 4.78 is 0. The lowest BCUT2D eigenvalue weighted by Gasteiger charge is -2.18. The first-order chi connectivity index (χ1) is 11.0. The van der Waals surface area contributed by atoms with Gasteiger partial charge in [0.1, 0.15) is 0 Å². The molecule has 122 valence electrons. The Bertz CT molecular complexity index is 668. The third-order valence-corrected chi connectivity index (χ3v) is 4.23. The Morgan fingerprint density at radius 2 is 2.00 bits per heavy atom. The molecule has 1 aromatic carbocycles. The molecule has 0 saturated carbocycles. The van der Waals surface area contributed by atoms with E-state index in [-0.39, 0.29) is 5.91 Å². The van der Waals surface area contributed by atoms with Gasteiger partial charge < -0.3 is 5.32 Å². The highest BCUT2D eigenvalue weighted by Crippen LogP contribution is 2.34. The van der Waals surface area contributed by atoms with Crippen LogP contribution >= 0.6 is 11.6 Å². The van der Waals surface area contributed by atoms with Gasteiger partial charge in [0, 0.05) is 12.6 Å². The van der Waals surface area contributed by atoms with E-state index in [9.17, 15) is 4.79 Å². The lowest BCUT2D eigenvalue weighted by molar-refractivity contribution is -0.116. The second kappa shape index (κ2) is 8.16. The van der Waals surface area contributed by atoms with E-state index < -0.39 is 0 Å². The van der Waals surface area contributed by atoms with E-state index in [4.69, 9.17) is 11.6 Å². The molecule has 0 atom stereocenters. The number of fused-ring (bicyclic) bond motifs is 1. The number of amides is 1. The fourth-order valence-corrected chi connectivity index (χ4v) is 2.87. The van der Waals surface area contributed by atoms with Gasteiger partial charge in [-0.25, -0.2) is 0 Å². The summed E-state index contributed by atoms with van der Waals surface area (Å²) in [4.78, 5) is 11.7. The van der Waals surface area contributed by atoms with Crippen molar-refractivity contribution in [3.05, 3.63) is 64.8 Å². The van der Waals surface area contributed by atoms with Crippen molar-refractivity contribution >= 4 is 22.5 Å². The first kappa shape index (κ1) is 17.6. The molecule has 2 rings (SSSR count). The van der Waals surface area contributed by atoms with E-state index in [0.717, 1.165) is 34.6 Å². The second-order valence-corrected chi connectivity index (χ2v) is 6.74. The van der Waals surface area contributed by atoms with Crippen LogP contribution in [0.15, 0.2) is 53.6 Å². The maximum atomic E-state index is 11.7. The molecular weight excluding hydrogens is 306 g/mol. The lowest BCUT2D eigenvalue weighted by Crippen LogP contribution is -2.25. The third-order valence-electron chi connectivity index (χ3n) is 3.78. The number of nitrogens with one attached hydrogen (secondary N) is 1. The minimum Gasteiger partial charge on any atom is -0.352 e. The van der Waals surface area contributed by atoms with E-state index >= 15 is 0 Å². The van der Waals surface area contributed by atoms with Gasteiger partial charge in [-0.1, -0.05) is 67.4 Å². The molecule has 1 aromatic rings. The van der Waals surface area contributed by atoms with Crippen LogP contribution in [0.3, 0.4) is 0 Å². The van der Waals surface area contributed by atoms with Crippen LogP contribution in [0.4, 0.5) is 0 Å². The summed E-state index contributed by atoms with van der Waals surface area (Å²) in [6, 6.07) is 8.26. The molecule has 0 bridgehead atoms. The smallest absolute Gasteiger partial charge is 0.243 e. The highest BCUT2D eigenvalue weighted by molar-refractivity contribution is 6.49. The molecule has 1 aliphatic carbocycles. The second-order valence-electron chi connectivity index (χ2n) is 6.36. The zero-order valence-corrected chi connectivity index (χ0v) is 14.8. The molecule has 3 heteroatoms. The minimum atomic E-state index is -0.0551. The number of hydrogen-bond acceptors (Lipinski definition) is 1. The zero-order valence-electron chi connectivity index (χ0n) is 14.0. The van der Waals surface area contributed by atoms with Crippen molar-refractivity contribution in [2.45, 2.75) is 33.6 Å². The fraction of sp³-hybridized carbons (Fsp3) is 0.350. The normalized spacial score (nSPS) is 15.3. The minimum absolute atomic E-state index is 0.0551. The summed E-state index contributed by atoms with van der Waals surface area (Å²) in [5.41, 5.74) is 4.58. The monoisotopic (exact) mass is 329 g/mol. The van der Waals surface area contributed by atoms with Gasteiger partial charge in [0.15, 0.2) is 0 Å². The van der Waals surface area contributed by atoms with Crippen LogP contribution in [0.25, 0.3) is 5.03 Å². The number of aryl methyl sites for hydroxylation is 1. The van der Waals surface area contributed by atoms with Crippen LogP contribution in [0, 0.1) is 5.92 Å². The first-order valence-corrected chi connectivity index (χ1v) is 8.46. The Kier molecular flexibility index (Phi) is 6.23. The van der Waals surface area contributed by atoms with Gasteiger partial charge in [-0.05, 0) is 42.4 Å². The Hall–Kier alpha value is -1.80. The van der Waals surface area contributed by atoms with Gasteiger partial charge in [-0.3, -0.25) is 4.79 Å². The largest absolute Gasteiger partial charge is 0.352 e.